The number of carbonyl (C=O) groups excluding carboxylic acids is 1. The highest BCUT2D eigenvalue weighted by atomic mass is 16.5. The van der Waals surface area contributed by atoms with Gasteiger partial charge in [0.15, 0.2) is 5.78 Å². The van der Waals surface area contributed by atoms with Crippen molar-refractivity contribution in [2.45, 2.75) is 6.92 Å². The minimum absolute atomic E-state index is 0.0567. The summed E-state index contributed by atoms with van der Waals surface area (Å²) in [6.07, 6.45) is 8.93. The summed E-state index contributed by atoms with van der Waals surface area (Å²) in [5, 5.41) is 0. The minimum Gasteiger partial charge on any atom is -0.489 e. The van der Waals surface area contributed by atoms with E-state index in [2.05, 4.69) is 5.92 Å². The number of Topliss-reactive ketones (excluding diaryl/α,β-unsaturated/α-hetero) is 1. The van der Waals surface area contributed by atoms with Gasteiger partial charge in [0.25, 0.3) is 0 Å². The van der Waals surface area contributed by atoms with Crippen LogP contribution in [-0.4, -0.2) is 19.0 Å². The van der Waals surface area contributed by atoms with Crippen molar-refractivity contribution in [3.63, 3.8) is 0 Å². The van der Waals surface area contributed by atoms with E-state index in [0.29, 0.717) is 23.7 Å². The fourth-order valence-electron chi connectivity index (χ4n) is 1.72. The molecule has 0 N–H and O–H groups in total. The third kappa shape index (κ3) is 2.16. The number of fused-ring (bicyclic) bond motifs is 1. The fourth-order valence-corrected chi connectivity index (χ4v) is 1.72. The number of hydrogen-bond acceptors (Lipinski definition) is 3. The van der Waals surface area contributed by atoms with E-state index in [4.69, 9.17) is 15.9 Å². The lowest BCUT2D eigenvalue weighted by Gasteiger charge is -2.17. The number of rotatable bonds is 3. The molecule has 0 radical (unpaired) electrons. The van der Waals surface area contributed by atoms with Crippen molar-refractivity contribution in [3.8, 4) is 23.8 Å². The molecule has 1 aromatic rings. The topological polar surface area (TPSA) is 35.5 Å². The number of benzene rings is 1. The van der Waals surface area contributed by atoms with E-state index in [9.17, 15) is 4.79 Å². The van der Waals surface area contributed by atoms with Crippen molar-refractivity contribution in [2.75, 3.05) is 13.2 Å². The van der Waals surface area contributed by atoms with Crippen LogP contribution in [0.25, 0.3) is 6.08 Å². The summed E-state index contributed by atoms with van der Waals surface area (Å²) in [5.74, 6) is 3.55. The Morgan fingerprint density at radius 2 is 2.41 bits per heavy atom. The van der Waals surface area contributed by atoms with Gasteiger partial charge in [-0.25, -0.2) is 0 Å². The molecule has 0 fully saturated rings. The number of carbonyl (C=O) groups is 1. The van der Waals surface area contributed by atoms with Gasteiger partial charge < -0.3 is 9.47 Å². The third-order valence-corrected chi connectivity index (χ3v) is 2.45. The molecule has 3 heteroatoms. The molecule has 1 heterocycles. The molecule has 0 unspecified atom stereocenters. The van der Waals surface area contributed by atoms with Gasteiger partial charge in [0.1, 0.15) is 24.7 Å². The van der Waals surface area contributed by atoms with Gasteiger partial charge in [0.05, 0.1) is 11.1 Å². The summed E-state index contributed by atoms with van der Waals surface area (Å²) in [4.78, 5) is 11.5. The largest absolute Gasteiger partial charge is 0.489 e. The normalized spacial score (nSPS) is 12.2. The van der Waals surface area contributed by atoms with Crippen molar-refractivity contribution in [1.29, 1.82) is 0 Å². The summed E-state index contributed by atoms with van der Waals surface area (Å²) in [7, 11) is 0. The van der Waals surface area contributed by atoms with Crippen LogP contribution in [0.4, 0.5) is 0 Å². The highest BCUT2D eigenvalue weighted by Gasteiger charge is 2.18. The van der Waals surface area contributed by atoms with E-state index in [1.165, 1.54) is 6.92 Å². The summed E-state index contributed by atoms with van der Waals surface area (Å²) >= 11 is 0. The molecule has 0 saturated heterocycles. The molecule has 86 valence electrons. The second-order valence-corrected chi connectivity index (χ2v) is 3.62. The van der Waals surface area contributed by atoms with Crippen LogP contribution >= 0.6 is 0 Å². The lowest BCUT2D eigenvalue weighted by Crippen LogP contribution is -2.07. The van der Waals surface area contributed by atoms with Crippen LogP contribution in [0.5, 0.6) is 11.5 Å². The van der Waals surface area contributed by atoms with Gasteiger partial charge in [-0.3, -0.25) is 4.79 Å². The van der Waals surface area contributed by atoms with Gasteiger partial charge in [-0.2, -0.15) is 0 Å². The van der Waals surface area contributed by atoms with Gasteiger partial charge in [-0.05, 0) is 31.2 Å². The van der Waals surface area contributed by atoms with Gasteiger partial charge in [-0.15, -0.1) is 6.42 Å². The number of terminal acetylenes is 1. The Bertz CT molecular complexity index is 521. The second kappa shape index (κ2) is 4.75. The quantitative estimate of drug-likeness (QED) is 0.588. The summed E-state index contributed by atoms with van der Waals surface area (Å²) in [6.45, 7) is 2.16. The maximum atomic E-state index is 11.5. The van der Waals surface area contributed by atoms with E-state index in [1.807, 2.05) is 12.2 Å². The molecule has 17 heavy (non-hydrogen) atoms. The Morgan fingerprint density at radius 3 is 3.12 bits per heavy atom. The second-order valence-electron chi connectivity index (χ2n) is 3.62. The highest BCUT2D eigenvalue weighted by Crippen LogP contribution is 2.35. The predicted octanol–water partition coefficient (Wildman–Crippen LogP) is 2.31. The fraction of sp³-hybridized carbons (Fsp3) is 0.214. The van der Waals surface area contributed by atoms with Crippen LogP contribution in [0.3, 0.4) is 0 Å². The molecule has 0 spiro atoms. The first-order valence-electron chi connectivity index (χ1n) is 5.27. The molecule has 0 aromatic heterocycles. The van der Waals surface area contributed by atoms with Crippen LogP contribution < -0.4 is 9.47 Å². The molecule has 0 bridgehead atoms. The monoisotopic (exact) mass is 228 g/mol. The van der Waals surface area contributed by atoms with Gasteiger partial charge >= 0.3 is 0 Å². The van der Waals surface area contributed by atoms with Crippen molar-refractivity contribution in [2.24, 2.45) is 0 Å². The Hall–Kier alpha value is -2.21. The van der Waals surface area contributed by atoms with Gasteiger partial charge in [-0.1, -0.05) is 5.92 Å². The molecule has 0 aliphatic carbocycles. The van der Waals surface area contributed by atoms with Crippen LogP contribution in [0.1, 0.15) is 22.8 Å². The predicted molar refractivity (Wildman–Crippen MR) is 65.3 cm³/mol. The molecule has 0 atom stereocenters. The molecule has 1 aliphatic heterocycles. The maximum absolute atomic E-state index is 11.5. The minimum atomic E-state index is -0.0567. The first kappa shape index (κ1) is 11.3. The van der Waals surface area contributed by atoms with Crippen molar-refractivity contribution in [1.82, 2.24) is 0 Å². The van der Waals surface area contributed by atoms with Crippen LogP contribution in [0.2, 0.25) is 0 Å². The SMILES string of the molecule is C#CCOc1c(C(C)=O)ccc2c1C=CCO2. The molecule has 1 aromatic carbocycles. The van der Waals surface area contributed by atoms with E-state index in [-0.39, 0.29) is 12.4 Å². The molecular weight excluding hydrogens is 216 g/mol. The summed E-state index contributed by atoms with van der Waals surface area (Å²) in [6, 6.07) is 3.48. The zero-order valence-corrected chi connectivity index (χ0v) is 9.53. The first-order chi connectivity index (χ1) is 8.24. The number of ether oxygens (including phenoxy) is 2. The van der Waals surface area contributed by atoms with Gasteiger partial charge in [0.2, 0.25) is 0 Å². The number of hydrogen-bond donors (Lipinski definition) is 0. The smallest absolute Gasteiger partial charge is 0.163 e. The zero-order valence-electron chi connectivity index (χ0n) is 9.53. The summed E-state index contributed by atoms with van der Waals surface area (Å²) in [5.41, 5.74) is 1.30. The van der Waals surface area contributed by atoms with Crippen molar-refractivity contribution < 1.29 is 14.3 Å². The lowest BCUT2D eigenvalue weighted by molar-refractivity contribution is 0.101. The summed E-state index contributed by atoms with van der Waals surface area (Å²) < 4.78 is 10.9. The van der Waals surface area contributed by atoms with Crippen molar-refractivity contribution >= 4 is 11.9 Å². The zero-order chi connectivity index (χ0) is 12.3. The van der Waals surface area contributed by atoms with Crippen molar-refractivity contribution in [3.05, 3.63) is 29.3 Å². The van der Waals surface area contributed by atoms with E-state index < -0.39 is 0 Å². The molecule has 0 amide bonds. The average molecular weight is 228 g/mol. The molecule has 1 aliphatic rings. The number of ketones is 1. The molecule has 3 nitrogen and oxygen atoms in total. The molecule has 2 rings (SSSR count). The van der Waals surface area contributed by atoms with E-state index >= 15 is 0 Å². The third-order valence-electron chi connectivity index (χ3n) is 2.45. The van der Waals surface area contributed by atoms with Crippen LogP contribution in [-0.2, 0) is 0 Å². The lowest BCUT2D eigenvalue weighted by atomic mass is 10.0. The standard InChI is InChI=1S/C14H12O3/c1-3-8-17-14-11(10(2)15)6-7-13-12(14)5-4-9-16-13/h1,4-7H,8-9H2,2H3. The van der Waals surface area contributed by atoms with E-state index in [1.54, 1.807) is 12.1 Å². The van der Waals surface area contributed by atoms with Crippen LogP contribution in [0.15, 0.2) is 18.2 Å². The van der Waals surface area contributed by atoms with Crippen LogP contribution in [0, 0.1) is 12.3 Å². The molecule has 0 saturated carbocycles. The Morgan fingerprint density at radius 1 is 1.59 bits per heavy atom. The maximum Gasteiger partial charge on any atom is 0.163 e. The van der Waals surface area contributed by atoms with E-state index in [0.717, 1.165) is 5.56 Å². The average Bonchev–Trinajstić information content (AvgIpc) is 2.35. The highest BCUT2D eigenvalue weighted by molar-refractivity contribution is 5.98. The molecular formula is C14H12O3. The first-order valence-corrected chi connectivity index (χ1v) is 5.27. The Labute approximate surface area is 100 Å². The van der Waals surface area contributed by atoms with Gasteiger partial charge in [0, 0.05) is 0 Å². The Kier molecular flexibility index (Phi) is 3.15. The Balaban J connectivity index is 2.53.